The number of hydrogen-bond acceptors (Lipinski definition) is 12. The number of ether oxygens (including phenoxy) is 1. The zero-order chi connectivity index (χ0) is 31.8. The van der Waals surface area contributed by atoms with Crippen molar-refractivity contribution in [3.8, 4) is 11.5 Å². The number of pyridine rings is 1. The molecule has 0 fully saturated rings. The molecule has 2 aromatic rings. The van der Waals surface area contributed by atoms with Gasteiger partial charge in [-0.15, -0.1) is 0 Å². The molecular formula is C30H24N4O10. The highest BCUT2D eigenvalue weighted by Gasteiger charge is 2.53. The Kier molecular flexibility index (Phi) is 6.28. The number of carbonyl (C=O) groups excluding carboxylic acids is 1. The number of aromatic hydroxyl groups is 1. The minimum atomic E-state index is -1.99. The number of nitrogens with one attached hydrogen (secondary N) is 2. The average Bonchev–Trinajstić information content (AvgIpc) is 3.44. The summed E-state index contributed by atoms with van der Waals surface area (Å²) in [4.78, 5) is 82.0. The number of phenols is 1. The number of aliphatic hydroxyl groups is 2. The summed E-state index contributed by atoms with van der Waals surface area (Å²) in [5.41, 5.74) is -4.20. The number of carbonyl (C=O) groups is 1. The van der Waals surface area contributed by atoms with Crippen LogP contribution in [0.15, 0.2) is 47.3 Å². The third kappa shape index (κ3) is 3.74. The van der Waals surface area contributed by atoms with E-state index in [1.54, 1.807) is 25.1 Å². The van der Waals surface area contributed by atoms with Gasteiger partial charge in [0.1, 0.15) is 22.7 Å². The summed E-state index contributed by atoms with van der Waals surface area (Å²) in [7, 11) is 4.53. The summed E-state index contributed by atoms with van der Waals surface area (Å²) in [6.07, 6.45) is 1.23. The number of aromatic amines is 1. The van der Waals surface area contributed by atoms with Crippen LogP contribution in [0.25, 0.3) is 22.3 Å². The van der Waals surface area contributed by atoms with Gasteiger partial charge in [0.15, 0.2) is 11.2 Å². The summed E-state index contributed by atoms with van der Waals surface area (Å²) in [5.74, 6) is -3.02. The molecule has 0 bridgehead atoms. The van der Waals surface area contributed by atoms with Gasteiger partial charge >= 0.3 is 0 Å². The zero-order valence-corrected chi connectivity index (χ0v) is 23.5. The fraction of sp³-hybridized carbons (Fsp3) is 0.233. The van der Waals surface area contributed by atoms with Gasteiger partial charge in [-0.05, 0) is 44.0 Å². The Morgan fingerprint density at radius 1 is 1.00 bits per heavy atom. The van der Waals surface area contributed by atoms with Crippen molar-refractivity contribution in [3.63, 3.8) is 0 Å². The second-order valence-electron chi connectivity index (χ2n) is 11.0. The van der Waals surface area contributed by atoms with Gasteiger partial charge in [-0.25, -0.2) is 5.43 Å². The molecule has 44 heavy (non-hydrogen) atoms. The highest BCUT2D eigenvalue weighted by Crippen LogP contribution is 2.54. The molecule has 1 amide bonds. The Hall–Kier alpha value is -5.63. The monoisotopic (exact) mass is 600 g/mol. The number of methoxy groups -OCH3 is 1. The van der Waals surface area contributed by atoms with E-state index in [9.17, 15) is 44.1 Å². The van der Waals surface area contributed by atoms with Gasteiger partial charge in [0, 0.05) is 11.6 Å². The summed E-state index contributed by atoms with van der Waals surface area (Å²) in [5, 5.41) is 35.6. The van der Waals surface area contributed by atoms with Gasteiger partial charge in [-0.3, -0.25) is 28.8 Å². The van der Waals surface area contributed by atoms with Crippen LogP contribution < -0.4 is 47.9 Å². The lowest BCUT2D eigenvalue weighted by atomic mass is 9.78. The van der Waals surface area contributed by atoms with Crippen molar-refractivity contribution in [1.82, 2.24) is 15.3 Å². The second-order valence-corrected chi connectivity index (χ2v) is 11.0. The molecule has 6 rings (SSSR count). The lowest BCUT2D eigenvalue weighted by Crippen LogP contribution is -2.51. The quantitative estimate of drug-likeness (QED) is 0.119. The number of aromatic nitrogens is 1. The van der Waals surface area contributed by atoms with Gasteiger partial charge in [0.25, 0.3) is 11.5 Å². The van der Waals surface area contributed by atoms with E-state index in [1.807, 2.05) is 0 Å². The van der Waals surface area contributed by atoms with Gasteiger partial charge in [-0.2, -0.15) is 5.10 Å². The van der Waals surface area contributed by atoms with Gasteiger partial charge in [0.05, 0.1) is 51.8 Å². The van der Waals surface area contributed by atoms with Crippen LogP contribution in [0.5, 0.6) is 11.5 Å². The Morgan fingerprint density at radius 3 is 2.30 bits per heavy atom. The molecule has 4 aliphatic rings. The highest BCUT2D eigenvalue weighted by molar-refractivity contribution is 5.96. The van der Waals surface area contributed by atoms with Crippen molar-refractivity contribution < 1.29 is 24.9 Å². The van der Waals surface area contributed by atoms with E-state index in [-0.39, 0.29) is 47.3 Å². The van der Waals surface area contributed by atoms with Crippen LogP contribution in [0.4, 0.5) is 0 Å². The fourth-order valence-corrected chi connectivity index (χ4v) is 6.33. The summed E-state index contributed by atoms with van der Waals surface area (Å²) in [6, 6.07) is 3.83. The maximum absolute atomic E-state index is 13.6. The Bertz CT molecular complexity index is 2480. The summed E-state index contributed by atoms with van der Waals surface area (Å²) in [6.45, 7) is 0.0902. The molecule has 1 atom stereocenters. The normalized spacial score (nSPS) is 17.4. The van der Waals surface area contributed by atoms with Crippen molar-refractivity contribution in [1.29, 1.82) is 0 Å². The average molecular weight is 601 g/mol. The maximum Gasteiger partial charge on any atom is 0.260 e. The number of fused-ring (bicyclic) bond motifs is 4. The number of H-pyrrole nitrogens is 1. The number of hydrogen-bond donors (Lipinski definition) is 5. The van der Waals surface area contributed by atoms with Crippen molar-refractivity contribution in [2.45, 2.75) is 18.3 Å². The fourth-order valence-electron chi connectivity index (χ4n) is 6.33. The van der Waals surface area contributed by atoms with Crippen LogP contribution in [-0.4, -0.2) is 65.1 Å². The first-order valence-corrected chi connectivity index (χ1v) is 13.3. The second kappa shape index (κ2) is 9.70. The molecule has 14 nitrogen and oxygen atoms in total. The van der Waals surface area contributed by atoms with Crippen LogP contribution in [0.2, 0.25) is 0 Å². The van der Waals surface area contributed by atoms with Crippen LogP contribution in [-0.2, 0) is 16.6 Å². The molecule has 1 spiro atoms. The van der Waals surface area contributed by atoms with Crippen LogP contribution in [0.1, 0.15) is 23.2 Å². The third-order valence-electron chi connectivity index (χ3n) is 8.13. The molecule has 0 saturated heterocycles. The van der Waals surface area contributed by atoms with Crippen molar-refractivity contribution >= 4 is 34.4 Å². The molecule has 1 aromatic carbocycles. The minimum Gasteiger partial charge on any atom is -0.510 e. The lowest BCUT2D eigenvalue weighted by Gasteiger charge is -2.27. The smallest absolute Gasteiger partial charge is 0.260 e. The topological polar surface area (TPSA) is 216 Å². The van der Waals surface area contributed by atoms with Crippen molar-refractivity contribution in [3.05, 3.63) is 107 Å². The van der Waals surface area contributed by atoms with Crippen molar-refractivity contribution in [2.24, 2.45) is 5.10 Å². The minimum absolute atomic E-state index is 0.0902. The first-order valence-electron chi connectivity index (χ1n) is 13.3. The third-order valence-corrected chi connectivity index (χ3v) is 8.13. The van der Waals surface area contributed by atoms with Gasteiger partial charge in [-0.1, -0.05) is 6.07 Å². The molecule has 4 aliphatic carbocycles. The SMILES string of the molecule is COc1cc(=O)c2c(=O)c3c(c(=O)c=2c1=O)=C(O)C1(CCc2cc4cc(/C=N/NC(=O)CN(C)C)[nH]c(=O)c4c(O)c21)C=3O. The predicted molar refractivity (Wildman–Crippen MR) is 158 cm³/mol. The molecule has 1 unspecified atom stereocenters. The van der Waals surface area contributed by atoms with Crippen LogP contribution >= 0.6 is 0 Å². The van der Waals surface area contributed by atoms with Crippen molar-refractivity contribution in [2.75, 3.05) is 27.7 Å². The number of likely N-dealkylation sites (N-methyl/N-ethyl adjacent to an activating group) is 1. The number of rotatable bonds is 5. The van der Waals surface area contributed by atoms with E-state index in [0.29, 0.717) is 5.56 Å². The van der Waals surface area contributed by atoms with E-state index in [4.69, 9.17) is 4.74 Å². The van der Waals surface area contributed by atoms with Crippen LogP contribution in [0.3, 0.4) is 0 Å². The van der Waals surface area contributed by atoms with E-state index >= 15 is 0 Å². The highest BCUT2D eigenvalue weighted by atomic mass is 16.5. The lowest BCUT2D eigenvalue weighted by molar-refractivity contribution is -0.121. The summed E-state index contributed by atoms with van der Waals surface area (Å²) < 4.78 is 4.89. The largest absolute Gasteiger partial charge is 0.510 e. The van der Waals surface area contributed by atoms with Crippen LogP contribution in [0, 0.1) is 10.4 Å². The number of nitrogens with zero attached hydrogens (tertiary/aromatic N) is 2. The van der Waals surface area contributed by atoms with E-state index in [1.165, 1.54) is 12.3 Å². The van der Waals surface area contributed by atoms with E-state index in [2.05, 4.69) is 15.5 Å². The first-order chi connectivity index (χ1) is 20.8. The molecule has 0 aliphatic heterocycles. The number of aliphatic hydroxyl groups excluding tert-OH is 2. The van der Waals surface area contributed by atoms with E-state index in [0.717, 1.165) is 13.2 Å². The number of phenolic OH excluding ortho intramolecular Hbond substituents is 1. The number of amides is 1. The molecule has 14 heteroatoms. The maximum atomic E-state index is 13.6. The van der Waals surface area contributed by atoms with E-state index < -0.39 is 76.6 Å². The Labute approximate surface area is 244 Å². The number of aryl methyl sites for hydroxylation is 1. The molecule has 224 valence electrons. The molecule has 0 radical (unpaired) electrons. The molecular weight excluding hydrogens is 576 g/mol. The zero-order valence-electron chi connectivity index (χ0n) is 23.5. The standard InChI is InChI=1S/C30H24N4O10/c1-34(2)10-16(36)33-31-9-13-7-12-6-11-4-5-30(22(11)26(40)17(12)29(43)32-13)27(41)20-21(28(30)42)25(39)19-18(24(20)38)14(35)8-15(44-3)23(19)37/h6-9,40-42H,4-5,10H2,1-3H3,(H,32,43)(H,33,36)/b31-9+. The molecule has 0 saturated carbocycles. The molecule has 1 heterocycles. The first kappa shape index (κ1) is 28.5. The number of benzene rings is 1. The van der Waals surface area contributed by atoms with Gasteiger partial charge in [0.2, 0.25) is 16.3 Å². The molecule has 1 aromatic heterocycles. The summed E-state index contributed by atoms with van der Waals surface area (Å²) >= 11 is 0. The molecule has 5 N–H and O–H groups in total. The Morgan fingerprint density at radius 2 is 1.66 bits per heavy atom. The Balaban J connectivity index is 1.59. The number of hydrazone groups is 1. The predicted octanol–water partition coefficient (Wildman–Crippen LogP) is -2.47. The van der Waals surface area contributed by atoms with Gasteiger partial charge < -0.3 is 29.9 Å².